The molecule has 3 aromatic rings. The molecular weight excluding hydrogens is 430 g/mol. The number of aromatic nitrogens is 3. The standard InChI is InChI=1S/C26H35N5O3/c1-5-18-10-19(12-22(11-18)34-16-21(32)14-27-4)24-13-25(29-20-6-8-33-9-7-20)31-26(30-24)23(15-28-31)17(2)3/h5,10-13,15,17,20-21,27,29,32H,1,6-9,14,16H2,2-4H3. The number of benzene rings is 1. The third-order valence-electron chi connectivity index (χ3n) is 6.04. The van der Waals surface area contributed by atoms with Crippen LogP contribution in [-0.2, 0) is 4.74 Å². The van der Waals surface area contributed by atoms with Crippen molar-refractivity contribution in [2.45, 2.75) is 44.8 Å². The number of hydrogen-bond donors (Lipinski definition) is 3. The number of hydrogen-bond acceptors (Lipinski definition) is 7. The SMILES string of the molecule is C=Cc1cc(OCC(O)CNC)cc(-c2cc(NC3CCOCC3)n3ncc(C(C)C)c3n2)c1. The van der Waals surface area contributed by atoms with Gasteiger partial charge in [0.25, 0.3) is 0 Å². The van der Waals surface area contributed by atoms with Crippen molar-refractivity contribution in [3.63, 3.8) is 0 Å². The van der Waals surface area contributed by atoms with Gasteiger partial charge in [-0.3, -0.25) is 0 Å². The molecule has 34 heavy (non-hydrogen) atoms. The van der Waals surface area contributed by atoms with Crippen LogP contribution in [0.5, 0.6) is 5.75 Å². The third kappa shape index (κ3) is 5.58. The molecule has 182 valence electrons. The Labute approximate surface area is 201 Å². The molecule has 0 saturated carbocycles. The fourth-order valence-electron chi connectivity index (χ4n) is 4.15. The highest BCUT2D eigenvalue weighted by Crippen LogP contribution is 2.31. The Hall–Kier alpha value is -2.94. The van der Waals surface area contributed by atoms with Crippen molar-refractivity contribution in [2.75, 3.05) is 38.7 Å². The molecule has 0 bridgehead atoms. The zero-order valence-corrected chi connectivity index (χ0v) is 20.3. The number of rotatable bonds is 10. The van der Waals surface area contributed by atoms with E-state index in [2.05, 4.69) is 36.2 Å². The van der Waals surface area contributed by atoms with E-state index in [-0.39, 0.29) is 6.61 Å². The van der Waals surface area contributed by atoms with Crippen LogP contribution in [0.25, 0.3) is 23.0 Å². The summed E-state index contributed by atoms with van der Waals surface area (Å²) in [4.78, 5) is 5.01. The fourth-order valence-corrected chi connectivity index (χ4v) is 4.15. The molecule has 1 unspecified atom stereocenters. The van der Waals surface area contributed by atoms with Gasteiger partial charge in [0.2, 0.25) is 0 Å². The summed E-state index contributed by atoms with van der Waals surface area (Å²) in [5, 5.41) is 21.3. The lowest BCUT2D eigenvalue weighted by atomic mass is 10.1. The fraction of sp³-hybridized carbons (Fsp3) is 0.462. The van der Waals surface area contributed by atoms with Crippen molar-refractivity contribution in [3.05, 3.63) is 48.2 Å². The summed E-state index contributed by atoms with van der Waals surface area (Å²) in [5.41, 5.74) is 4.62. The molecule has 1 aromatic carbocycles. The summed E-state index contributed by atoms with van der Waals surface area (Å²) < 4.78 is 13.3. The highest BCUT2D eigenvalue weighted by molar-refractivity contribution is 5.72. The predicted molar refractivity (Wildman–Crippen MR) is 135 cm³/mol. The minimum atomic E-state index is -0.592. The van der Waals surface area contributed by atoms with E-state index in [1.165, 1.54) is 0 Å². The van der Waals surface area contributed by atoms with Crippen molar-refractivity contribution < 1.29 is 14.6 Å². The van der Waals surface area contributed by atoms with Crippen LogP contribution in [0, 0.1) is 0 Å². The topological polar surface area (TPSA) is 92.9 Å². The van der Waals surface area contributed by atoms with E-state index in [1.54, 1.807) is 13.1 Å². The monoisotopic (exact) mass is 465 g/mol. The van der Waals surface area contributed by atoms with Crippen LogP contribution >= 0.6 is 0 Å². The minimum absolute atomic E-state index is 0.198. The van der Waals surface area contributed by atoms with E-state index < -0.39 is 6.10 Å². The first-order valence-electron chi connectivity index (χ1n) is 11.9. The smallest absolute Gasteiger partial charge is 0.161 e. The maximum absolute atomic E-state index is 10.0. The van der Waals surface area contributed by atoms with Gasteiger partial charge in [-0.2, -0.15) is 9.61 Å². The average molecular weight is 466 g/mol. The second-order valence-corrected chi connectivity index (χ2v) is 9.06. The number of aliphatic hydroxyl groups is 1. The van der Waals surface area contributed by atoms with Crippen LogP contribution < -0.4 is 15.4 Å². The van der Waals surface area contributed by atoms with Crippen LogP contribution in [0.1, 0.15) is 43.7 Å². The van der Waals surface area contributed by atoms with E-state index in [4.69, 9.17) is 14.5 Å². The van der Waals surface area contributed by atoms with E-state index in [0.717, 1.165) is 59.9 Å². The first kappa shape index (κ1) is 24.2. The summed E-state index contributed by atoms with van der Waals surface area (Å²) in [6, 6.07) is 8.29. The molecule has 1 saturated heterocycles. The van der Waals surface area contributed by atoms with Gasteiger partial charge in [0.1, 0.15) is 24.3 Å². The highest BCUT2D eigenvalue weighted by atomic mass is 16.5. The largest absolute Gasteiger partial charge is 0.491 e. The van der Waals surface area contributed by atoms with Gasteiger partial charge in [-0.1, -0.05) is 26.5 Å². The lowest BCUT2D eigenvalue weighted by Gasteiger charge is -2.24. The van der Waals surface area contributed by atoms with Crippen molar-refractivity contribution in [1.29, 1.82) is 0 Å². The number of nitrogens with one attached hydrogen (secondary N) is 2. The summed E-state index contributed by atoms with van der Waals surface area (Å²) >= 11 is 0. The van der Waals surface area contributed by atoms with Gasteiger partial charge in [0, 0.05) is 43.0 Å². The zero-order valence-electron chi connectivity index (χ0n) is 20.3. The van der Waals surface area contributed by atoms with Crippen LogP contribution in [-0.4, -0.2) is 65.3 Å². The predicted octanol–water partition coefficient (Wildman–Crippen LogP) is 3.71. The van der Waals surface area contributed by atoms with Gasteiger partial charge in [-0.05, 0) is 49.6 Å². The Balaban J connectivity index is 1.74. The Morgan fingerprint density at radius 1 is 1.26 bits per heavy atom. The summed E-state index contributed by atoms with van der Waals surface area (Å²) in [7, 11) is 1.80. The van der Waals surface area contributed by atoms with E-state index in [9.17, 15) is 5.11 Å². The molecule has 0 radical (unpaired) electrons. The van der Waals surface area contributed by atoms with Crippen LogP contribution in [0.3, 0.4) is 0 Å². The molecule has 1 atom stereocenters. The first-order valence-corrected chi connectivity index (χ1v) is 11.9. The molecule has 4 rings (SSSR count). The average Bonchev–Trinajstić information content (AvgIpc) is 3.28. The van der Waals surface area contributed by atoms with Crippen LogP contribution in [0.15, 0.2) is 37.0 Å². The molecule has 1 aliphatic heterocycles. The second-order valence-electron chi connectivity index (χ2n) is 9.06. The van der Waals surface area contributed by atoms with Gasteiger partial charge < -0.3 is 25.2 Å². The van der Waals surface area contributed by atoms with Crippen LogP contribution in [0.2, 0.25) is 0 Å². The number of fused-ring (bicyclic) bond motifs is 1. The molecule has 8 nitrogen and oxygen atoms in total. The second kappa shape index (κ2) is 11.0. The van der Waals surface area contributed by atoms with Crippen LogP contribution in [0.4, 0.5) is 5.82 Å². The molecular formula is C26H35N5O3. The number of anilines is 1. The highest BCUT2D eigenvalue weighted by Gasteiger charge is 2.19. The summed E-state index contributed by atoms with van der Waals surface area (Å²) in [6.07, 6.45) is 5.01. The lowest BCUT2D eigenvalue weighted by molar-refractivity contribution is 0.0903. The van der Waals surface area contributed by atoms with E-state index >= 15 is 0 Å². The van der Waals surface area contributed by atoms with Gasteiger partial charge in [0.15, 0.2) is 5.65 Å². The van der Waals surface area contributed by atoms with Gasteiger partial charge >= 0.3 is 0 Å². The third-order valence-corrected chi connectivity index (χ3v) is 6.04. The molecule has 3 heterocycles. The Kier molecular flexibility index (Phi) is 7.82. The maximum Gasteiger partial charge on any atom is 0.161 e. The summed E-state index contributed by atoms with van der Waals surface area (Å²) in [6.45, 7) is 10.4. The van der Waals surface area contributed by atoms with Gasteiger partial charge in [0.05, 0.1) is 11.9 Å². The first-order chi connectivity index (χ1) is 16.5. The normalized spacial score (nSPS) is 15.6. The molecule has 3 N–H and O–H groups in total. The van der Waals surface area contributed by atoms with Crippen molar-refractivity contribution in [2.24, 2.45) is 0 Å². The number of aliphatic hydroxyl groups excluding tert-OH is 1. The Morgan fingerprint density at radius 2 is 2.06 bits per heavy atom. The Morgan fingerprint density at radius 3 is 2.76 bits per heavy atom. The van der Waals surface area contributed by atoms with E-state index in [0.29, 0.717) is 24.3 Å². The lowest BCUT2D eigenvalue weighted by Crippen LogP contribution is -2.29. The number of ether oxygens (including phenoxy) is 2. The van der Waals surface area contributed by atoms with E-state index in [1.807, 2.05) is 35.0 Å². The molecule has 1 fully saturated rings. The van der Waals surface area contributed by atoms with Crippen molar-refractivity contribution >= 4 is 17.5 Å². The molecule has 8 heteroatoms. The molecule has 0 amide bonds. The Bertz CT molecular complexity index is 1120. The number of nitrogens with zero attached hydrogens (tertiary/aromatic N) is 3. The molecule has 1 aliphatic rings. The maximum atomic E-state index is 10.0. The van der Waals surface area contributed by atoms with Gasteiger partial charge in [-0.15, -0.1) is 0 Å². The summed E-state index contributed by atoms with van der Waals surface area (Å²) in [5.74, 6) is 1.87. The minimum Gasteiger partial charge on any atom is -0.491 e. The molecule has 0 aliphatic carbocycles. The quantitative estimate of drug-likeness (QED) is 0.420. The van der Waals surface area contributed by atoms with Gasteiger partial charge in [-0.25, -0.2) is 4.98 Å². The van der Waals surface area contributed by atoms with Crippen molar-refractivity contribution in [1.82, 2.24) is 19.9 Å². The van der Waals surface area contributed by atoms with Crippen molar-refractivity contribution in [3.8, 4) is 17.0 Å². The molecule has 0 spiro atoms. The zero-order chi connectivity index (χ0) is 24.1. The number of likely N-dealkylation sites (N-methyl/N-ethyl adjacent to an activating group) is 1. The molecule has 2 aromatic heterocycles.